The number of unbranched alkanes of at least 4 members (excludes halogenated alkanes) is 3. The molecular formula is C18H27NO3. The van der Waals surface area contributed by atoms with E-state index in [1.165, 1.54) is 7.11 Å². The molecule has 0 aliphatic rings. The van der Waals surface area contributed by atoms with Gasteiger partial charge in [-0.15, -0.1) is 0 Å². The maximum absolute atomic E-state index is 12.3. The lowest BCUT2D eigenvalue weighted by Gasteiger charge is -2.19. The Morgan fingerprint density at radius 3 is 2.41 bits per heavy atom. The van der Waals surface area contributed by atoms with Crippen LogP contribution in [0.1, 0.15) is 57.4 Å². The van der Waals surface area contributed by atoms with Crippen molar-refractivity contribution >= 4 is 11.9 Å². The quantitative estimate of drug-likeness (QED) is 0.562. The van der Waals surface area contributed by atoms with Crippen LogP contribution in [0.5, 0.6) is 0 Å². The molecule has 0 saturated carbocycles. The molecule has 4 heteroatoms. The van der Waals surface area contributed by atoms with Crippen LogP contribution in [0, 0.1) is 0 Å². The van der Waals surface area contributed by atoms with Crippen LogP contribution >= 0.6 is 0 Å². The van der Waals surface area contributed by atoms with Crippen molar-refractivity contribution in [1.82, 2.24) is 5.32 Å². The molecule has 1 unspecified atom stereocenters. The summed E-state index contributed by atoms with van der Waals surface area (Å²) in [6, 6.07) is 9.00. The Labute approximate surface area is 133 Å². The molecule has 0 bridgehead atoms. The minimum absolute atomic E-state index is 0.142. The Hall–Kier alpha value is -1.84. The van der Waals surface area contributed by atoms with Gasteiger partial charge in [0, 0.05) is 0 Å². The largest absolute Gasteiger partial charge is 0.467 e. The second kappa shape index (κ2) is 9.98. The van der Waals surface area contributed by atoms with Gasteiger partial charge in [-0.2, -0.15) is 0 Å². The van der Waals surface area contributed by atoms with Gasteiger partial charge in [0.25, 0.3) is 0 Å². The minimum Gasteiger partial charge on any atom is -0.467 e. The number of carbonyl (C=O) groups is 2. The zero-order valence-electron chi connectivity index (χ0n) is 13.8. The molecule has 0 aliphatic heterocycles. The second-order valence-corrected chi connectivity index (χ2v) is 5.57. The van der Waals surface area contributed by atoms with Crippen LogP contribution in [0.3, 0.4) is 0 Å². The predicted octanol–water partition coefficient (Wildman–Crippen LogP) is 3.42. The van der Waals surface area contributed by atoms with E-state index in [2.05, 4.69) is 12.2 Å². The molecule has 1 aromatic carbocycles. The van der Waals surface area contributed by atoms with E-state index in [1.54, 1.807) is 0 Å². The molecule has 0 saturated heterocycles. The minimum atomic E-state index is -0.555. The molecule has 2 atom stereocenters. The zero-order valence-corrected chi connectivity index (χ0v) is 13.8. The van der Waals surface area contributed by atoms with Gasteiger partial charge in [0.15, 0.2) is 0 Å². The Kier molecular flexibility index (Phi) is 8.26. The molecule has 1 aromatic rings. The molecule has 0 radical (unpaired) electrons. The van der Waals surface area contributed by atoms with Crippen LogP contribution < -0.4 is 5.32 Å². The third-order valence-electron chi connectivity index (χ3n) is 3.84. The number of amides is 1. The Balaban J connectivity index is 2.60. The first-order valence-electron chi connectivity index (χ1n) is 8.03. The molecule has 1 N–H and O–H groups in total. The van der Waals surface area contributed by atoms with Gasteiger partial charge in [-0.05, 0) is 18.9 Å². The molecule has 0 heterocycles. The van der Waals surface area contributed by atoms with Gasteiger partial charge in [0.2, 0.25) is 5.91 Å². The number of hydrogen-bond donors (Lipinski definition) is 1. The lowest BCUT2D eigenvalue weighted by molar-refractivity contribution is -0.145. The first-order valence-corrected chi connectivity index (χ1v) is 8.03. The lowest BCUT2D eigenvalue weighted by Crippen LogP contribution is -2.43. The summed E-state index contributed by atoms with van der Waals surface area (Å²) in [5, 5.41) is 2.83. The van der Waals surface area contributed by atoms with Crippen LogP contribution in [-0.2, 0) is 14.3 Å². The van der Waals surface area contributed by atoms with E-state index in [1.807, 2.05) is 37.3 Å². The molecular weight excluding hydrogens is 278 g/mol. The first-order chi connectivity index (χ1) is 10.6. The Bertz CT molecular complexity index is 459. The standard InChI is InChI=1S/C18H27NO3/c1-4-5-6-10-13-16(18(21)22-3)19-17(20)14(2)15-11-8-7-9-12-15/h7-9,11-12,14,16H,4-6,10,13H2,1-3H3,(H,19,20)/t14-,16?/m1/s1. The van der Waals surface area contributed by atoms with Crippen LogP contribution in [0.2, 0.25) is 0 Å². The second-order valence-electron chi connectivity index (χ2n) is 5.57. The number of carbonyl (C=O) groups excluding carboxylic acids is 2. The van der Waals surface area contributed by atoms with Gasteiger partial charge < -0.3 is 10.1 Å². The third-order valence-corrected chi connectivity index (χ3v) is 3.84. The van der Waals surface area contributed by atoms with Crippen molar-refractivity contribution in [3.63, 3.8) is 0 Å². The zero-order chi connectivity index (χ0) is 16.4. The van der Waals surface area contributed by atoms with Crippen molar-refractivity contribution in [2.45, 2.75) is 57.9 Å². The van der Waals surface area contributed by atoms with Gasteiger partial charge in [0.1, 0.15) is 6.04 Å². The summed E-state index contributed by atoms with van der Waals surface area (Å²) >= 11 is 0. The van der Waals surface area contributed by atoms with E-state index < -0.39 is 6.04 Å². The maximum Gasteiger partial charge on any atom is 0.328 e. The molecule has 122 valence electrons. The first kappa shape index (κ1) is 18.2. The monoisotopic (exact) mass is 305 g/mol. The van der Waals surface area contributed by atoms with Crippen molar-refractivity contribution in [1.29, 1.82) is 0 Å². The molecule has 0 aromatic heterocycles. The summed E-state index contributed by atoms with van der Waals surface area (Å²) in [6.07, 6.45) is 4.88. The van der Waals surface area contributed by atoms with E-state index in [0.717, 1.165) is 31.2 Å². The summed E-state index contributed by atoms with van der Waals surface area (Å²) in [6.45, 7) is 3.98. The van der Waals surface area contributed by atoms with E-state index in [9.17, 15) is 9.59 Å². The number of rotatable bonds is 9. The SMILES string of the molecule is CCCCCCC(NC(=O)[C@H](C)c1ccccc1)C(=O)OC. The number of benzene rings is 1. The predicted molar refractivity (Wildman–Crippen MR) is 87.6 cm³/mol. The molecule has 0 spiro atoms. The van der Waals surface area contributed by atoms with Crippen LogP contribution in [0.25, 0.3) is 0 Å². The average molecular weight is 305 g/mol. The Morgan fingerprint density at radius 2 is 1.82 bits per heavy atom. The summed E-state index contributed by atoms with van der Waals surface area (Å²) < 4.78 is 4.80. The smallest absolute Gasteiger partial charge is 0.328 e. The summed E-state index contributed by atoms with van der Waals surface area (Å²) in [7, 11) is 1.36. The number of methoxy groups -OCH3 is 1. The summed E-state index contributed by atoms with van der Waals surface area (Å²) in [5.74, 6) is -0.800. The fourth-order valence-electron chi connectivity index (χ4n) is 2.36. The molecule has 22 heavy (non-hydrogen) atoms. The highest BCUT2D eigenvalue weighted by Gasteiger charge is 2.24. The van der Waals surface area contributed by atoms with Gasteiger partial charge in [-0.25, -0.2) is 4.79 Å². The fraction of sp³-hybridized carbons (Fsp3) is 0.556. The molecule has 4 nitrogen and oxygen atoms in total. The van der Waals surface area contributed by atoms with Crippen LogP contribution in [0.15, 0.2) is 30.3 Å². The highest BCUT2D eigenvalue weighted by atomic mass is 16.5. The molecule has 1 amide bonds. The molecule has 0 aliphatic carbocycles. The van der Waals surface area contributed by atoms with Gasteiger partial charge in [-0.1, -0.05) is 62.9 Å². The van der Waals surface area contributed by atoms with E-state index in [-0.39, 0.29) is 17.8 Å². The van der Waals surface area contributed by atoms with Crippen molar-refractivity contribution in [2.75, 3.05) is 7.11 Å². The normalized spacial score (nSPS) is 13.2. The summed E-state index contributed by atoms with van der Waals surface area (Å²) in [4.78, 5) is 24.2. The Morgan fingerprint density at radius 1 is 1.14 bits per heavy atom. The van der Waals surface area contributed by atoms with E-state index >= 15 is 0 Å². The van der Waals surface area contributed by atoms with Crippen LogP contribution in [0.4, 0.5) is 0 Å². The average Bonchev–Trinajstić information content (AvgIpc) is 2.56. The number of ether oxygens (including phenoxy) is 1. The van der Waals surface area contributed by atoms with Crippen molar-refractivity contribution < 1.29 is 14.3 Å². The van der Waals surface area contributed by atoms with Crippen molar-refractivity contribution in [3.05, 3.63) is 35.9 Å². The van der Waals surface area contributed by atoms with Gasteiger partial charge >= 0.3 is 5.97 Å². The number of esters is 1. The number of nitrogens with one attached hydrogen (secondary N) is 1. The topological polar surface area (TPSA) is 55.4 Å². The van der Waals surface area contributed by atoms with E-state index in [4.69, 9.17) is 4.74 Å². The van der Waals surface area contributed by atoms with Crippen LogP contribution in [-0.4, -0.2) is 25.0 Å². The fourth-order valence-corrected chi connectivity index (χ4v) is 2.36. The van der Waals surface area contributed by atoms with Gasteiger partial charge in [0.05, 0.1) is 13.0 Å². The highest BCUT2D eigenvalue weighted by molar-refractivity contribution is 5.88. The van der Waals surface area contributed by atoms with E-state index in [0.29, 0.717) is 6.42 Å². The molecule has 1 rings (SSSR count). The highest BCUT2D eigenvalue weighted by Crippen LogP contribution is 2.15. The maximum atomic E-state index is 12.3. The summed E-state index contributed by atoms with van der Waals surface area (Å²) in [5.41, 5.74) is 0.939. The third kappa shape index (κ3) is 5.88. The molecule has 0 fully saturated rings. The lowest BCUT2D eigenvalue weighted by atomic mass is 9.99. The number of hydrogen-bond acceptors (Lipinski definition) is 3. The van der Waals surface area contributed by atoms with Crippen molar-refractivity contribution in [2.24, 2.45) is 0 Å². The van der Waals surface area contributed by atoms with Gasteiger partial charge in [-0.3, -0.25) is 4.79 Å². The van der Waals surface area contributed by atoms with Crippen molar-refractivity contribution in [3.8, 4) is 0 Å².